The third-order valence-corrected chi connectivity index (χ3v) is 4.23. The molecule has 22 heavy (non-hydrogen) atoms. The van der Waals surface area contributed by atoms with Gasteiger partial charge in [-0.1, -0.05) is 18.2 Å². The second-order valence-corrected chi connectivity index (χ2v) is 5.65. The number of benzene rings is 2. The second kappa shape index (κ2) is 6.44. The lowest BCUT2D eigenvalue weighted by atomic mass is 10.0. The minimum atomic E-state index is -0.795. The van der Waals surface area contributed by atoms with Crippen molar-refractivity contribution >= 4 is 0 Å². The highest BCUT2D eigenvalue weighted by molar-refractivity contribution is 5.30. The Hall–Kier alpha value is -1.94. The van der Waals surface area contributed by atoms with Gasteiger partial charge in [0.25, 0.3) is 0 Å². The van der Waals surface area contributed by atoms with E-state index < -0.39 is 11.6 Å². The van der Waals surface area contributed by atoms with Crippen LogP contribution in [-0.4, -0.2) is 18.6 Å². The molecule has 0 radical (unpaired) electrons. The summed E-state index contributed by atoms with van der Waals surface area (Å²) >= 11 is 0. The zero-order chi connectivity index (χ0) is 15.5. The van der Waals surface area contributed by atoms with Crippen molar-refractivity contribution in [1.82, 2.24) is 4.90 Å². The maximum absolute atomic E-state index is 13.3. The number of hydrogen-bond donors (Lipinski definition) is 0. The van der Waals surface area contributed by atoms with E-state index in [4.69, 9.17) is 4.74 Å². The molecule has 0 aliphatic carbocycles. The third kappa shape index (κ3) is 3.12. The molecule has 4 heteroatoms. The monoisotopic (exact) mass is 303 g/mol. The minimum absolute atomic E-state index is 0.319. The summed E-state index contributed by atoms with van der Waals surface area (Å²) in [7, 11) is 1.65. The fraction of sp³-hybridized carbons (Fsp3) is 0.333. The van der Waals surface area contributed by atoms with Gasteiger partial charge in [0, 0.05) is 12.6 Å². The molecule has 1 aliphatic rings. The summed E-state index contributed by atoms with van der Waals surface area (Å²) in [6.07, 6.45) is 2.19. The quantitative estimate of drug-likeness (QED) is 0.834. The van der Waals surface area contributed by atoms with Crippen molar-refractivity contribution < 1.29 is 13.5 Å². The van der Waals surface area contributed by atoms with Crippen molar-refractivity contribution in [3.63, 3.8) is 0 Å². The average molecular weight is 303 g/mol. The molecule has 0 N–H and O–H groups in total. The summed E-state index contributed by atoms with van der Waals surface area (Å²) in [5.41, 5.74) is 2.04. The molecule has 2 aromatic carbocycles. The molecule has 0 amide bonds. The van der Waals surface area contributed by atoms with Gasteiger partial charge in [0.15, 0.2) is 11.6 Å². The summed E-state index contributed by atoms with van der Waals surface area (Å²) in [5.74, 6) is -0.733. The Labute approximate surface area is 129 Å². The molecule has 0 unspecified atom stereocenters. The molecule has 116 valence electrons. The van der Waals surface area contributed by atoms with Crippen LogP contribution >= 0.6 is 0 Å². The first kappa shape index (κ1) is 15.0. The van der Waals surface area contributed by atoms with Gasteiger partial charge in [0.2, 0.25) is 0 Å². The van der Waals surface area contributed by atoms with Gasteiger partial charge in [0.1, 0.15) is 5.75 Å². The zero-order valence-corrected chi connectivity index (χ0v) is 12.6. The lowest BCUT2D eigenvalue weighted by Crippen LogP contribution is -2.22. The minimum Gasteiger partial charge on any atom is -0.497 e. The van der Waals surface area contributed by atoms with E-state index in [1.54, 1.807) is 13.2 Å². The summed E-state index contributed by atoms with van der Waals surface area (Å²) in [5, 5.41) is 0. The molecule has 1 heterocycles. The van der Waals surface area contributed by atoms with E-state index in [1.165, 1.54) is 17.7 Å². The molecule has 2 nitrogen and oxygen atoms in total. The summed E-state index contributed by atoms with van der Waals surface area (Å²) in [6.45, 7) is 1.60. The Balaban J connectivity index is 1.75. The van der Waals surface area contributed by atoms with Crippen molar-refractivity contribution in [2.24, 2.45) is 0 Å². The largest absolute Gasteiger partial charge is 0.497 e. The van der Waals surface area contributed by atoms with Crippen molar-refractivity contribution in [3.8, 4) is 5.75 Å². The molecule has 0 bridgehead atoms. The first-order valence-corrected chi connectivity index (χ1v) is 7.49. The molecule has 1 aliphatic heterocycles. The highest BCUT2D eigenvalue weighted by atomic mass is 19.2. The molecule has 1 atom stereocenters. The molecule has 1 saturated heterocycles. The average Bonchev–Trinajstić information content (AvgIpc) is 2.99. The normalized spacial score (nSPS) is 18.6. The van der Waals surface area contributed by atoms with E-state index in [0.717, 1.165) is 30.7 Å². The van der Waals surface area contributed by atoms with Crippen LogP contribution in [0.15, 0.2) is 42.5 Å². The maximum Gasteiger partial charge on any atom is 0.159 e. The Kier molecular flexibility index (Phi) is 4.39. The van der Waals surface area contributed by atoms with Crippen LogP contribution < -0.4 is 4.74 Å². The highest BCUT2D eigenvalue weighted by Crippen LogP contribution is 2.34. The molecule has 2 aromatic rings. The van der Waals surface area contributed by atoms with E-state index in [0.29, 0.717) is 12.6 Å². The first-order valence-electron chi connectivity index (χ1n) is 7.49. The number of rotatable bonds is 4. The molecular weight excluding hydrogens is 284 g/mol. The smallest absolute Gasteiger partial charge is 0.159 e. The van der Waals surface area contributed by atoms with Gasteiger partial charge in [-0.05, 0) is 54.8 Å². The van der Waals surface area contributed by atoms with Crippen molar-refractivity contribution in [1.29, 1.82) is 0 Å². The lowest BCUT2D eigenvalue weighted by Gasteiger charge is -2.25. The van der Waals surface area contributed by atoms with Crippen LogP contribution in [0.5, 0.6) is 5.75 Å². The van der Waals surface area contributed by atoms with Crippen LogP contribution in [0.3, 0.4) is 0 Å². The summed E-state index contributed by atoms with van der Waals surface area (Å²) < 4.78 is 31.6. The van der Waals surface area contributed by atoms with Gasteiger partial charge in [-0.25, -0.2) is 8.78 Å². The number of hydrogen-bond acceptors (Lipinski definition) is 2. The number of likely N-dealkylation sites (tertiary alicyclic amines) is 1. The Morgan fingerprint density at radius 2 is 1.86 bits per heavy atom. The van der Waals surface area contributed by atoms with E-state index in [1.807, 2.05) is 12.1 Å². The second-order valence-electron chi connectivity index (χ2n) is 5.65. The Morgan fingerprint density at radius 1 is 1.09 bits per heavy atom. The predicted octanol–water partition coefficient (Wildman–Crippen LogP) is 4.31. The number of nitrogens with zero attached hydrogens (tertiary/aromatic N) is 1. The van der Waals surface area contributed by atoms with Crippen LogP contribution in [0.25, 0.3) is 0 Å². The third-order valence-electron chi connectivity index (χ3n) is 4.23. The molecule has 0 saturated carbocycles. The molecule has 3 rings (SSSR count). The first-order chi connectivity index (χ1) is 10.7. The lowest BCUT2D eigenvalue weighted by molar-refractivity contribution is 0.248. The predicted molar refractivity (Wildman–Crippen MR) is 81.7 cm³/mol. The molecule has 0 spiro atoms. The SMILES string of the molecule is COc1ccc([C@@H]2CCCN2Cc2ccc(F)c(F)c2)cc1. The zero-order valence-electron chi connectivity index (χ0n) is 12.6. The number of ether oxygens (including phenoxy) is 1. The van der Waals surface area contributed by atoms with Crippen molar-refractivity contribution in [3.05, 3.63) is 65.2 Å². The Bertz CT molecular complexity index is 642. The highest BCUT2D eigenvalue weighted by Gasteiger charge is 2.26. The fourth-order valence-electron chi connectivity index (χ4n) is 3.09. The molecule has 0 aromatic heterocycles. The standard InChI is InChI=1S/C18H19F2NO/c1-22-15-7-5-14(6-8-15)18-3-2-10-21(18)12-13-4-9-16(19)17(20)11-13/h4-9,11,18H,2-3,10,12H2,1H3/t18-/m0/s1. The fourth-order valence-corrected chi connectivity index (χ4v) is 3.09. The Morgan fingerprint density at radius 3 is 2.55 bits per heavy atom. The van der Waals surface area contributed by atoms with Gasteiger partial charge < -0.3 is 4.74 Å². The maximum atomic E-state index is 13.3. The van der Waals surface area contributed by atoms with Crippen molar-refractivity contribution in [2.75, 3.05) is 13.7 Å². The number of halogens is 2. The van der Waals surface area contributed by atoms with Gasteiger partial charge >= 0.3 is 0 Å². The van der Waals surface area contributed by atoms with Gasteiger partial charge in [-0.3, -0.25) is 4.90 Å². The van der Waals surface area contributed by atoms with E-state index >= 15 is 0 Å². The molecule has 1 fully saturated rings. The van der Waals surface area contributed by atoms with E-state index in [9.17, 15) is 8.78 Å². The van der Waals surface area contributed by atoms with Gasteiger partial charge in [-0.15, -0.1) is 0 Å². The van der Waals surface area contributed by atoms with Crippen LogP contribution in [0.2, 0.25) is 0 Å². The van der Waals surface area contributed by atoms with Crippen LogP contribution in [0.4, 0.5) is 8.78 Å². The van der Waals surface area contributed by atoms with Crippen LogP contribution in [0, 0.1) is 11.6 Å². The van der Waals surface area contributed by atoms with Crippen LogP contribution in [0.1, 0.15) is 30.0 Å². The van der Waals surface area contributed by atoms with Crippen LogP contribution in [-0.2, 0) is 6.54 Å². The summed E-state index contributed by atoms with van der Waals surface area (Å²) in [6, 6.07) is 12.5. The topological polar surface area (TPSA) is 12.5 Å². The van der Waals surface area contributed by atoms with Gasteiger partial charge in [-0.2, -0.15) is 0 Å². The summed E-state index contributed by atoms with van der Waals surface area (Å²) in [4.78, 5) is 2.31. The van der Waals surface area contributed by atoms with E-state index in [2.05, 4.69) is 17.0 Å². The number of methoxy groups -OCH3 is 1. The van der Waals surface area contributed by atoms with E-state index in [-0.39, 0.29) is 0 Å². The van der Waals surface area contributed by atoms with Gasteiger partial charge in [0.05, 0.1) is 7.11 Å². The van der Waals surface area contributed by atoms with Crippen molar-refractivity contribution in [2.45, 2.75) is 25.4 Å². The molecular formula is C18H19F2NO.